The average Bonchev–Trinajstić information content (AvgIpc) is 1.74. The molecule has 2 heterocycles. The number of aliphatic carboxylic acids is 2. The summed E-state index contributed by atoms with van der Waals surface area (Å²) in [6.07, 6.45) is -2.73. The summed E-state index contributed by atoms with van der Waals surface area (Å²) in [4.78, 5) is 181. The van der Waals surface area contributed by atoms with Crippen molar-refractivity contribution in [1.82, 2.24) is 57.7 Å². The van der Waals surface area contributed by atoms with Crippen LogP contribution in [0.1, 0.15) is 96.3 Å². The van der Waals surface area contributed by atoms with E-state index in [1.54, 1.807) is 74.6 Å². The first-order valence-electron chi connectivity index (χ1n) is 31.7. The van der Waals surface area contributed by atoms with Gasteiger partial charge in [-0.1, -0.05) is 88.4 Å². The summed E-state index contributed by atoms with van der Waals surface area (Å²) in [6, 6.07) is 3.11. The lowest BCUT2D eigenvalue weighted by Gasteiger charge is -2.31. The molecule has 4 aromatic rings. The van der Waals surface area contributed by atoms with Crippen LogP contribution in [0.3, 0.4) is 0 Å². The number of fused-ring (bicyclic) bond motifs is 1. The molecule has 5 rings (SSSR count). The number of carbonyl (C=O) groups excluding carboxylic acids is 11. The third-order valence-corrected chi connectivity index (χ3v) is 15.9. The molecule has 32 nitrogen and oxygen atoms in total. The molecule has 0 aliphatic carbocycles. The second kappa shape index (κ2) is 37.3. The van der Waals surface area contributed by atoms with Crippen LogP contribution in [-0.2, 0) is 81.6 Å². The summed E-state index contributed by atoms with van der Waals surface area (Å²) < 4.78 is 0. The van der Waals surface area contributed by atoms with Crippen LogP contribution in [-0.4, -0.2) is 210 Å². The number of phenols is 1. The molecule has 0 radical (unpaired) electrons. The van der Waals surface area contributed by atoms with Gasteiger partial charge in [0, 0.05) is 49.3 Å². The molecule has 12 atom stereocenters. The van der Waals surface area contributed by atoms with E-state index in [4.69, 9.17) is 11.5 Å². The number of aromatic nitrogens is 1. The number of aliphatic hydroxyl groups excluding tert-OH is 3. The first-order valence-corrected chi connectivity index (χ1v) is 31.7. The van der Waals surface area contributed by atoms with E-state index in [9.17, 15) is 93.0 Å². The number of para-hydroxylation sites is 1. The molecular formula is C65H89N13O19. The maximum Gasteiger partial charge on any atom is 0.326 e. The van der Waals surface area contributed by atoms with E-state index < -0.39 is 182 Å². The number of hydrogen-bond acceptors (Lipinski definition) is 18. The van der Waals surface area contributed by atoms with Crippen LogP contribution in [0, 0.1) is 11.8 Å². The number of carbonyl (C=O) groups is 13. The van der Waals surface area contributed by atoms with Crippen LogP contribution in [0.2, 0.25) is 0 Å². The van der Waals surface area contributed by atoms with Crippen LogP contribution < -0.4 is 59.3 Å². The van der Waals surface area contributed by atoms with E-state index in [0.29, 0.717) is 27.6 Å². The Balaban J connectivity index is 1.36. The number of phenolic OH excluding ortho intramolecular Hbond substituents is 1. The van der Waals surface area contributed by atoms with Crippen molar-refractivity contribution < 1.29 is 93.0 Å². The third-order valence-electron chi connectivity index (χ3n) is 15.9. The van der Waals surface area contributed by atoms with Gasteiger partial charge in [0.15, 0.2) is 0 Å². The van der Waals surface area contributed by atoms with E-state index in [0.717, 1.165) is 11.8 Å². The van der Waals surface area contributed by atoms with Crippen molar-refractivity contribution in [3.8, 4) is 5.75 Å². The number of aliphatic hydroxyl groups is 3. The molecule has 528 valence electrons. The minimum absolute atomic E-state index is 0.00724. The molecule has 32 heteroatoms. The highest BCUT2D eigenvalue weighted by Crippen LogP contribution is 2.22. The minimum atomic E-state index is -1.84. The Kier molecular flexibility index (Phi) is 29.9. The van der Waals surface area contributed by atoms with Crippen LogP contribution in [0.4, 0.5) is 0 Å². The Morgan fingerprint density at radius 3 is 1.62 bits per heavy atom. The molecule has 1 fully saturated rings. The highest BCUT2D eigenvalue weighted by atomic mass is 16.4. The van der Waals surface area contributed by atoms with Gasteiger partial charge in [-0.15, -0.1) is 0 Å². The summed E-state index contributed by atoms with van der Waals surface area (Å²) in [5.74, 6) is -14.7. The molecule has 0 saturated carbocycles. The molecule has 3 aromatic carbocycles. The average molecular weight is 1360 g/mol. The maximum absolute atomic E-state index is 14.8. The number of carboxylic acids is 2. The fraction of sp³-hybridized carbons (Fsp3) is 0.492. The van der Waals surface area contributed by atoms with Crippen molar-refractivity contribution in [2.75, 3.05) is 19.8 Å². The van der Waals surface area contributed by atoms with Crippen LogP contribution in [0.25, 0.3) is 10.9 Å². The number of rotatable bonds is 38. The van der Waals surface area contributed by atoms with Gasteiger partial charge in [0.05, 0.1) is 31.8 Å². The summed E-state index contributed by atoms with van der Waals surface area (Å²) in [5.41, 5.74) is 13.5. The number of hydrogen-bond donors (Lipinski definition) is 18. The maximum atomic E-state index is 14.8. The number of amides is 11. The molecule has 0 bridgehead atoms. The summed E-state index contributed by atoms with van der Waals surface area (Å²) in [6.45, 7) is 5.95. The number of aromatic hydroxyl groups is 1. The van der Waals surface area contributed by atoms with Crippen LogP contribution in [0.5, 0.6) is 5.75 Å². The Hall–Kier alpha value is -10.1. The van der Waals surface area contributed by atoms with Gasteiger partial charge in [-0.2, -0.15) is 0 Å². The number of benzene rings is 3. The fourth-order valence-electron chi connectivity index (χ4n) is 10.8. The number of nitrogens with two attached hydrogens (primary N) is 2. The van der Waals surface area contributed by atoms with Gasteiger partial charge in [-0.25, -0.2) is 4.79 Å². The molecule has 1 aliphatic rings. The SMILES string of the molecule is CC(C)C[C@H](NC(=O)[C@H](CC(N)=O)NC(=O)[C@H](CCC(=O)O)NC(=O)[C@H](Cc1c[nH]c2ccccc12)NC(=O)[C@H](Cc1ccccc1)NC(=O)[C@H](CO)NC(=O)[C@@H]1CCCN1C(=O)[C@H](CO)NC(=O)[C@@H](NC(=O)[C@H](Cc1ccc(O)cc1)NC(=O)[C@@H](N)CC(C)C)[C@@H](C)O)C(=O)O. The lowest BCUT2D eigenvalue weighted by atomic mass is 10.0. The fourth-order valence-corrected chi connectivity index (χ4v) is 10.8. The topological polar surface area (TPSA) is 523 Å². The van der Waals surface area contributed by atoms with E-state index in [1.807, 2.05) is 13.8 Å². The highest BCUT2D eigenvalue weighted by Gasteiger charge is 2.42. The Labute approximate surface area is 558 Å². The normalized spacial score (nSPS) is 16.3. The first kappa shape index (κ1) is 77.7. The van der Waals surface area contributed by atoms with Crippen molar-refractivity contribution >= 4 is 87.8 Å². The van der Waals surface area contributed by atoms with E-state index in [-0.39, 0.29) is 69.1 Å². The summed E-state index contributed by atoms with van der Waals surface area (Å²) in [7, 11) is 0. The molecule has 20 N–H and O–H groups in total. The lowest BCUT2D eigenvalue weighted by Crippen LogP contribution is -2.62. The zero-order valence-corrected chi connectivity index (χ0v) is 54.5. The Bertz CT molecular complexity index is 3420. The monoisotopic (exact) mass is 1360 g/mol. The van der Waals surface area contributed by atoms with Gasteiger partial charge in [-0.3, -0.25) is 57.5 Å². The lowest BCUT2D eigenvalue weighted by molar-refractivity contribution is -0.144. The number of primary amides is 1. The predicted octanol–water partition coefficient (Wildman–Crippen LogP) is -3.13. The van der Waals surface area contributed by atoms with Gasteiger partial charge in [0.1, 0.15) is 66.2 Å². The van der Waals surface area contributed by atoms with E-state index >= 15 is 0 Å². The molecule has 1 saturated heterocycles. The number of carboxylic acid groups (broad SMARTS) is 2. The number of nitrogens with zero attached hydrogens (tertiary/aromatic N) is 1. The molecular weight excluding hydrogens is 1270 g/mol. The molecule has 0 spiro atoms. The second-order valence-corrected chi connectivity index (χ2v) is 24.7. The Morgan fingerprint density at radius 1 is 0.557 bits per heavy atom. The standard InChI is InChI=1S/C65H89N13O19/c1-33(2)24-41(66)55(86)70-45(27-37-17-19-39(82)20-18-37)60(91)77-54(35(5)81)63(94)76-50(32-80)64(95)78-23-11-16-51(78)62(93)75-49(31-79)61(92)71-44(26-36-12-7-6-8-13-36)57(88)72-46(28-38-30-68-42-15-10-9-14-40(38)42)58(89)69-43(21-22-53(84)85)56(87)73-47(29-52(67)83)59(90)74-48(65(96)97)25-34(3)4/h6-10,12-15,17-20,30,33-35,41,43-51,54,68,79-82H,11,16,21-29,31-32,66H2,1-5H3,(H2,67,83)(H,69,89)(H,70,86)(H,71,92)(H,72,88)(H,73,87)(H,74,90)(H,75,93)(H,76,94)(H,77,91)(H,84,85)(H,96,97)/t35-,41+,43+,44+,45+,46+,47+,48+,49+,50+,51+,54+/m1/s1. The number of nitrogens with one attached hydrogen (secondary N) is 10. The number of likely N-dealkylation sites (tertiary alicyclic amines) is 1. The number of H-pyrrole nitrogens is 1. The molecule has 1 aromatic heterocycles. The molecule has 1 aliphatic heterocycles. The first-order chi connectivity index (χ1) is 45.9. The minimum Gasteiger partial charge on any atom is -0.508 e. The number of aromatic amines is 1. The summed E-state index contributed by atoms with van der Waals surface area (Å²) >= 11 is 0. The van der Waals surface area contributed by atoms with E-state index in [1.165, 1.54) is 24.3 Å². The highest BCUT2D eigenvalue weighted by molar-refractivity contribution is 6.00. The van der Waals surface area contributed by atoms with Crippen molar-refractivity contribution in [2.45, 2.75) is 171 Å². The predicted molar refractivity (Wildman–Crippen MR) is 347 cm³/mol. The van der Waals surface area contributed by atoms with Gasteiger partial charge in [0.2, 0.25) is 65.0 Å². The van der Waals surface area contributed by atoms with Gasteiger partial charge in [-0.05, 0) is 85.8 Å². The smallest absolute Gasteiger partial charge is 0.326 e. The van der Waals surface area contributed by atoms with Crippen LogP contribution >= 0.6 is 0 Å². The largest absolute Gasteiger partial charge is 0.508 e. The molecule has 0 unspecified atom stereocenters. The van der Waals surface area contributed by atoms with Gasteiger partial charge in [0.25, 0.3) is 0 Å². The third kappa shape index (κ3) is 24.0. The zero-order valence-electron chi connectivity index (χ0n) is 54.5. The Morgan fingerprint density at radius 2 is 1.05 bits per heavy atom. The van der Waals surface area contributed by atoms with Crippen molar-refractivity contribution in [3.05, 3.63) is 102 Å². The zero-order chi connectivity index (χ0) is 71.8. The van der Waals surface area contributed by atoms with Gasteiger partial charge >= 0.3 is 11.9 Å². The molecule has 97 heavy (non-hydrogen) atoms. The molecule has 11 amide bonds. The summed E-state index contributed by atoms with van der Waals surface area (Å²) in [5, 5.41) is 83.7. The quantitative estimate of drug-likeness (QED) is 0.0211. The van der Waals surface area contributed by atoms with Gasteiger partial charge < -0.3 is 99.8 Å². The van der Waals surface area contributed by atoms with E-state index in [2.05, 4.69) is 52.8 Å². The second-order valence-electron chi connectivity index (χ2n) is 24.7. The van der Waals surface area contributed by atoms with Crippen molar-refractivity contribution in [1.29, 1.82) is 0 Å². The van der Waals surface area contributed by atoms with Crippen molar-refractivity contribution in [2.24, 2.45) is 23.3 Å². The van der Waals surface area contributed by atoms with Crippen LogP contribution in [0.15, 0.2) is 85.1 Å². The van der Waals surface area contributed by atoms with Crippen molar-refractivity contribution in [3.63, 3.8) is 0 Å².